The molecule has 1 fully saturated rings. The summed E-state index contributed by atoms with van der Waals surface area (Å²) in [6.07, 6.45) is -3.49. The number of alkyl halides is 3. The molecular weight excluding hydrogens is 427 g/mol. The lowest BCUT2D eigenvalue weighted by molar-refractivity contribution is -0.138. The van der Waals surface area contributed by atoms with Crippen LogP contribution in [0.2, 0.25) is 0 Å². The second kappa shape index (κ2) is 8.88. The number of hydrogen-bond acceptors (Lipinski definition) is 5. The van der Waals surface area contributed by atoms with Gasteiger partial charge in [0.2, 0.25) is 5.91 Å². The van der Waals surface area contributed by atoms with Gasteiger partial charge < -0.3 is 4.90 Å². The Morgan fingerprint density at radius 2 is 1.77 bits per heavy atom. The van der Waals surface area contributed by atoms with Crippen LogP contribution < -0.4 is 0 Å². The molecule has 1 aliphatic heterocycles. The van der Waals surface area contributed by atoms with E-state index in [9.17, 15) is 18.0 Å². The molecule has 0 N–H and O–H groups in total. The number of fused-ring (bicyclic) bond motifs is 1. The predicted molar refractivity (Wildman–Crippen MR) is 112 cm³/mol. The van der Waals surface area contributed by atoms with E-state index in [1.165, 1.54) is 16.0 Å². The van der Waals surface area contributed by atoms with Crippen LogP contribution in [0, 0.1) is 0 Å². The van der Waals surface area contributed by atoms with Gasteiger partial charge in [-0.3, -0.25) is 14.1 Å². The highest BCUT2D eigenvalue weighted by Crippen LogP contribution is 2.31. The molecule has 4 rings (SSSR count). The topological polar surface area (TPSA) is 53.7 Å². The number of aromatic nitrogens is 3. The molecule has 3 aromatic rings. The Balaban J connectivity index is 1.37. The minimum absolute atomic E-state index is 0.0481. The van der Waals surface area contributed by atoms with Crippen LogP contribution in [0.1, 0.15) is 18.1 Å². The molecule has 0 aliphatic carbocycles. The monoisotopic (exact) mass is 449 g/mol. The maximum atomic E-state index is 13.0. The summed E-state index contributed by atoms with van der Waals surface area (Å²) in [6, 6.07) is 12.4. The molecule has 0 radical (unpaired) electrons. The smallest absolute Gasteiger partial charge is 0.339 e. The van der Waals surface area contributed by atoms with E-state index in [-0.39, 0.29) is 11.1 Å². The Labute approximate surface area is 182 Å². The van der Waals surface area contributed by atoms with Crippen LogP contribution in [0.5, 0.6) is 0 Å². The van der Waals surface area contributed by atoms with Crippen molar-refractivity contribution in [1.82, 2.24) is 24.4 Å². The van der Waals surface area contributed by atoms with Crippen LogP contribution >= 0.6 is 11.8 Å². The molecule has 31 heavy (non-hydrogen) atoms. The van der Waals surface area contributed by atoms with E-state index < -0.39 is 17.0 Å². The molecule has 0 spiro atoms. The van der Waals surface area contributed by atoms with Crippen LogP contribution in [0.3, 0.4) is 0 Å². The van der Waals surface area contributed by atoms with Crippen molar-refractivity contribution in [3.05, 3.63) is 59.8 Å². The first-order valence-corrected chi connectivity index (χ1v) is 10.8. The number of thioether (sulfide) groups is 1. The highest BCUT2D eigenvalue weighted by molar-refractivity contribution is 8.00. The number of carbonyl (C=O) groups excluding carboxylic acids is 1. The molecule has 0 bridgehead atoms. The molecule has 2 aromatic heterocycles. The lowest BCUT2D eigenvalue weighted by Crippen LogP contribution is -2.50. The molecule has 3 heterocycles. The van der Waals surface area contributed by atoms with Crippen molar-refractivity contribution in [1.29, 1.82) is 0 Å². The van der Waals surface area contributed by atoms with Gasteiger partial charge in [-0.2, -0.15) is 13.2 Å². The third-order valence-electron chi connectivity index (χ3n) is 5.26. The first-order chi connectivity index (χ1) is 14.8. The highest BCUT2D eigenvalue weighted by atomic mass is 32.2. The summed E-state index contributed by atoms with van der Waals surface area (Å²) in [5.41, 5.74) is 0.767. The highest BCUT2D eigenvalue weighted by Gasteiger charge is 2.32. The fourth-order valence-corrected chi connectivity index (χ4v) is 4.47. The zero-order chi connectivity index (χ0) is 22.0. The van der Waals surface area contributed by atoms with E-state index in [0.29, 0.717) is 18.7 Å². The minimum atomic E-state index is -4.46. The molecule has 164 valence electrons. The zero-order valence-corrected chi connectivity index (χ0v) is 17.7. The SMILES string of the molecule is C[C@H](Sc1nnc2ccc(C(F)(F)F)cn12)C(=O)N1CCN(Cc2ccccc2)CC1. The quantitative estimate of drug-likeness (QED) is 0.558. The van der Waals surface area contributed by atoms with Crippen molar-refractivity contribution in [2.75, 3.05) is 26.2 Å². The molecule has 0 saturated carbocycles. The van der Waals surface area contributed by atoms with Crippen LogP contribution in [-0.4, -0.2) is 61.7 Å². The summed E-state index contributed by atoms with van der Waals surface area (Å²) in [4.78, 5) is 17.0. The lowest BCUT2D eigenvalue weighted by Gasteiger charge is -2.35. The number of halogens is 3. The number of piperazine rings is 1. The maximum absolute atomic E-state index is 13.0. The summed E-state index contributed by atoms with van der Waals surface area (Å²) in [6.45, 7) is 5.39. The number of pyridine rings is 1. The van der Waals surface area contributed by atoms with Gasteiger partial charge in [-0.15, -0.1) is 10.2 Å². The summed E-state index contributed by atoms with van der Waals surface area (Å²) >= 11 is 1.12. The van der Waals surface area contributed by atoms with E-state index in [4.69, 9.17) is 0 Å². The summed E-state index contributed by atoms with van der Waals surface area (Å²) < 4.78 is 40.4. The molecule has 1 aliphatic rings. The fraction of sp³-hybridized carbons (Fsp3) is 0.381. The number of hydrogen-bond donors (Lipinski definition) is 0. The molecule has 1 atom stereocenters. The number of amides is 1. The van der Waals surface area contributed by atoms with Crippen LogP contribution in [0.25, 0.3) is 5.65 Å². The normalized spacial score (nSPS) is 16.6. The third-order valence-corrected chi connectivity index (χ3v) is 6.31. The van der Waals surface area contributed by atoms with Gasteiger partial charge in [0.15, 0.2) is 10.8 Å². The van der Waals surface area contributed by atoms with Crippen molar-refractivity contribution in [2.45, 2.75) is 30.1 Å². The van der Waals surface area contributed by atoms with Gasteiger partial charge in [-0.05, 0) is 24.6 Å². The zero-order valence-electron chi connectivity index (χ0n) is 16.9. The van der Waals surface area contributed by atoms with E-state index >= 15 is 0 Å². The summed E-state index contributed by atoms with van der Waals surface area (Å²) in [5.74, 6) is -0.0481. The summed E-state index contributed by atoms with van der Waals surface area (Å²) in [7, 11) is 0. The van der Waals surface area contributed by atoms with Crippen molar-refractivity contribution in [3.8, 4) is 0 Å². The predicted octanol–water partition coefficient (Wildman–Crippen LogP) is 3.57. The van der Waals surface area contributed by atoms with E-state index in [1.807, 2.05) is 23.1 Å². The molecular formula is C21H22F3N5OS. The molecule has 1 amide bonds. The molecule has 10 heteroatoms. The van der Waals surface area contributed by atoms with E-state index in [2.05, 4.69) is 27.2 Å². The Morgan fingerprint density at radius 1 is 1.06 bits per heavy atom. The number of carbonyl (C=O) groups is 1. The van der Waals surface area contributed by atoms with Gasteiger partial charge in [0.1, 0.15) is 0 Å². The Kier molecular flexibility index (Phi) is 6.19. The number of nitrogens with zero attached hydrogens (tertiary/aromatic N) is 5. The van der Waals surface area contributed by atoms with Gasteiger partial charge in [-0.25, -0.2) is 0 Å². The largest absolute Gasteiger partial charge is 0.417 e. The Morgan fingerprint density at radius 3 is 2.45 bits per heavy atom. The number of benzene rings is 1. The average Bonchev–Trinajstić information content (AvgIpc) is 3.16. The summed E-state index contributed by atoms with van der Waals surface area (Å²) in [5, 5.41) is 7.67. The van der Waals surface area contributed by atoms with Crippen molar-refractivity contribution >= 4 is 23.3 Å². The van der Waals surface area contributed by atoms with Crippen molar-refractivity contribution in [3.63, 3.8) is 0 Å². The lowest BCUT2D eigenvalue weighted by atomic mass is 10.2. The first kappa shape index (κ1) is 21.6. The van der Waals surface area contributed by atoms with Gasteiger partial charge in [0.05, 0.1) is 10.8 Å². The second-order valence-corrected chi connectivity index (χ2v) is 8.78. The van der Waals surface area contributed by atoms with Gasteiger partial charge >= 0.3 is 6.18 Å². The molecule has 1 aromatic carbocycles. The average molecular weight is 450 g/mol. The Bertz CT molecular complexity index is 1050. The van der Waals surface area contributed by atoms with Crippen molar-refractivity contribution in [2.24, 2.45) is 0 Å². The van der Waals surface area contributed by atoms with Gasteiger partial charge in [0.25, 0.3) is 0 Å². The third kappa shape index (κ3) is 5.01. The second-order valence-electron chi connectivity index (χ2n) is 7.47. The molecule has 1 saturated heterocycles. The Hall–Kier alpha value is -2.59. The van der Waals surface area contributed by atoms with Crippen LogP contribution in [0.15, 0.2) is 53.8 Å². The maximum Gasteiger partial charge on any atom is 0.417 e. The van der Waals surface area contributed by atoms with Crippen LogP contribution in [-0.2, 0) is 17.5 Å². The minimum Gasteiger partial charge on any atom is -0.339 e. The molecule has 6 nitrogen and oxygen atoms in total. The van der Waals surface area contributed by atoms with Crippen LogP contribution in [0.4, 0.5) is 13.2 Å². The standard InChI is InChI=1S/C21H22F3N5OS/c1-15(31-20-26-25-18-8-7-17(14-29(18)20)21(22,23)24)19(30)28-11-9-27(10-12-28)13-16-5-3-2-4-6-16/h2-8,14-15H,9-13H2,1H3/t15-/m0/s1. The van der Waals surface area contributed by atoms with E-state index in [1.54, 1.807) is 6.92 Å². The number of rotatable bonds is 5. The van der Waals surface area contributed by atoms with Gasteiger partial charge in [0, 0.05) is 38.9 Å². The first-order valence-electron chi connectivity index (χ1n) is 9.95. The van der Waals surface area contributed by atoms with Crippen molar-refractivity contribution < 1.29 is 18.0 Å². The van der Waals surface area contributed by atoms with E-state index in [0.717, 1.165) is 43.7 Å². The molecule has 0 unspecified atom stereocenters. The van der Waals surface area contributed by atoms with Gasteiger partial charge in [-0.1, -0.05) is 42.1 Å². The fourth-order valence-electron chi connectivity index (χ4n) is 3.55.